The van der Waals surface area contributed by atoms with Gasteiger partial charge in [0.1, 0.15) is 5.75 Å². The number of rotatable bonds is 9. The second-order valence-electron chi connectivity index (χ2n) is 8.50. The molecule has 3 aromatic rings. The van der Waals surface area contributed by atoms with E-state index in [2.05, 4.69) is 5.32 Å². The van der Waals surface area contributed by atoms with Gasteiger partial charge in [0.15, 0.2) is 0 Å². The third-order valence-corrected chi connectivity index (χ3v) is 6.64. The molecular weight excluding hydrogens is 507 g/mol. The van der Waals surface area contributed by atoms with Gasteiger partial charge in [0.2, 0.25) is 0 Å². The van der Waals surface area contributed by atoms with Crippen LogP contribution >= 0.6 is 0 Å². The molecule has 1 unspecified atom stereocenters. The van der Waals surface area contributed by atoms with Crippen molar-refractivity contribution >= 4 is 28.4 Å². The van der Waals surface area contributed by atoms with Gasteiger partial charge in [0.05, 0.1) is 35.1 Å². The van der Waals surface area contributed by atoms with E-state index in [1.165, 1.54) is 0 Å². The Bertz CT molecular complexity index is 1320. The van der Waals surface area contributed by atoms with Gasteiger partial charge < -0.3 is 15.2 Å². The predicted octanol–water partition coefficient (Wildman–Crippen LogP) is 5.56. The van der Waals surface area contributed by atoms with E-state index in [4.69, 9.17) is 9.84 Å². The van der Waals surface area contributed by atoms with Crippen molar-refractivity contribution in [2.45, 2.75) is 37.8 Å². The highest BCUT2D eigenvalue weighted by Crippen LogP contribution is 2.38. The van der Waals surface area contributed by atoms with Gasteiger partial charge in [0, 0.05) is 23.1 Å². The fourth-order valence-corrected chi connectivity index (χ4v) is 4.80. The number of aryl methyl sites for hydroxylation is 2. The van der Waals surface area contributed by atoms with E-state index >= 15 is 0 Å². The van der Waals surface area contributed by atoms with Crippen LogP contribution in [0.2, 0.25) is 0 Å². The van der Waals surface area contributed by atoms with Crippen LogP contribution < -0.4 is 10.1 Å². The molecular formula is C27H26F3NO5S. The van der Waals surface area contributed by atoms with Crippen LogP contribution in [0.4, 0.5) is 18.9 Å². The average Bonchev–Trinajstić information content (AvgIpc) is 2.78. The van der Waals surface area contributed by atoms with Crippen LogP contribution in [0, 0.1) is 13.8 Å². The minimum absolute atomic E-state index is 0.0766. The quantitative estimate of drug-likeness (QED) is 0.376. The highest BCUT2D eigenvalue weighted by atomic mass is 32.2. The molecule has 196 valence electrons. The Hall–Kier alpha value is -3.66. The number of halogens is 3. The molecule has 0 aliphatic rings. The lowest BCUT2D eigenvalue weighted by molar-refractivity contribution is -0.137. The minimum atomic E-state index is -4.88. The Balaban J connectivity index is 1.88. The van der Waals surface area contributed by atoms with Crippen molar-refractivity contribution in [3.05, 3.63) is 88.0 Å². The number of aliphatic carboxylic acids is 1. The maximum atomic E-state index is 13.8. The summed E-state index contributed by atoms with van der Waals surface area (Å²) in [5.74, 6) is -1.57. The highest BCUT2D eigenvalue weighted by molar-refractivity contribution is 7.84. The fraction of sp³-hybridized carbons (Fsp3) is 0.259. The number of carboxylic acid groups (broad SMARTS) is 1. The number of hydrogen-bond acceptors (Lipinski definition) is 4. The summed E-state index contributed by atoms with van der Waals surface area (Å²) in [5.41, 5.74) is 0.378. The number of alkyl halides is 3. The second kappa shape index (κ2) is 11.6. The van der Waals surface area contributed by atoms with E-state index in [0.29, 0.717) is 36.0 Å². The van der Waals surface area contributed by atoms with Gasteiger partial charge in [-0.15, -0.1) is 0 Å². The number of amides is 1. The zero-order valence-electron chi connectivity index (χ0n) is 20.4. The number of carbonyl (C=O) groups is 2. The molecule has 0 saturated carbocycles. The average molecular weight is 534 g/mol. The largest absolute Gasteiger partial charge is 0.493 e. The molecule has 0 fully saturated rings. The van der Waals surface area contributed by atoms with Crippen LogP contribution in [-0.4, -0.2) is 34.1 Å². The lowest BCUT2D eigenvalue weighted by Crippen LogP contribution is -2.20. The summed E-state index contributed by atoms with van der Waals surface area (Å²) in [5, 5.41) is 11.4. The van der Waals surface area contributed by atoms with Gasteiger partial charge in [-0.2, -0.15) is 13.2 Å². The Morgan fingerprint density at radius 3 is 2.19 bits per heavy atom. The highest BCUT2D eigenvalue weighted by Gasteiger charge is 2.36. The molecule has 6 nitrogen and oxygen atoms in total. The first-order valence-electron chi connectivity index (χ1n) is 11.3. The molecule has 0 saturated heterocycles. The lowest BCUT2D eigenvalue weighted by atomic mass is 10.0. The smallest absolute Gasteiger partial charge is 0.418 e. The number of benzene rings is 3. The number of nitrogens with one attached hydrogen (secondary N) is 1. The summed E-state index contributed by atoms with van der Waals surface area (Å²) in [6.45, 7) is 3.70. The van der Waals surface area contributed by atoms with E-state index in [1.807, 2.05) is 30.3 Å². The van der Waals surface area contributed by atoms with Crippen molar-refractivity contribution in [1.29, 1.82) is 0 Å². The number of carbonyl (C=O) groups excluding carboxylic acids is 1. The van der Waals surface area contributed by atoms with E-state index < -0.39 is 46.5 Å². The SMILES string of the molecule is Cc1cc(OCCc2ccccc2)cc(C)c1C(=O)Nc1cc(CC(=O)O)c(S(C)=O)cc1C(F)(F)F. The third-order valence-electron chi connectivity index (χ3n) is 5.64. The molecule has 0 radical (unpaired) electrons. The molecule has 0 aliphatic heterocycles. The van der Waals surface area contributed by atoms with E-state index in [9.17, 15) is 27.0 Å². The molecule has 1 amide bonds. The summed E-state index contributed by atoms with van der Waals surface area (Å²) in [6, 6.07) is 14.6. The van der Waals surface area contributed by atoms with Gasteiger partial charge in [-0.1, -0.05) is 30.3 Å². The normalized spacial score (nSPS) is 12.2. The third kappa shape index (κ3) is 7.19. The molecule has 0 bridgehead atoms. The first-order valence-corrected chi connectivity index (χ1v) is 12.8. The van der Waals surface area contributed by atoms with Crippen molar-refractivity contribution < 1.29 is 36.8 Å². The van der Waals surface area contributed by atoms with Gasteiger partial charge >= 0.3 is 12.1 Å². The second-order valence-corrected chi connectivity index (χ2v) is 9.85. The first kappa shape index (κ1) is 27.9. The van der Waals surface area contributed by atoms with E-state index in [-0.39, 0.29) is 16.0 Å². The standard InChI is InChI=1S/C27H26F3NO5S/c1-16-11-20(36-10-9-18-7-5-4-6-8-18)12-17(2)25(16)26(34)31-22-13-19(14-24(32)33)23(37(3)35)15-21(22)27(28,29)30/h4-8,11-13,15H,9-10,14H2,1-3H3,(H,31,34)(H,32,33). The maximum Gasteiger partial charge on any atom is 0.418 e. The summed E-state index contributed by atoms with van der Waals surface area (Å²) in [6.07, 6.45) is -3.68. The van der Waals surface area contributed by atoms with Crippen LogP contribution in [0.25, 0.3) is 0 Å². The zero-order chi connectivity index (χ0) is 27.3. The predicted molar refractivity (Wildman–Crippen MR) is 135 cm³/mol. The summed E-state index contributed by atoms with van der Waals surface area (Å²) < 4.78 is 59.2. The molecule has 10 heteroatoms. The Labute approximate surface area is 214 Å². The van der Waals surface area contributed by atoms with Gasteiger partial charge in [0.25, 0.3) is 5.91 Å². The van der Waals surface area contributed by atoms with Crippen molar-refractivity contribution in [1.82, 2.24) is 0 Å². The molecule has 0 aromatic heterocycles. The van der Waals surface area contributed by atoms with Gasteiger partial charge in [-0.25, -0.2) is 0 Å². The number of anilines is 1. The fourth-order valence-electron chi connectivity index (χ4n) is 4.01. The molecule has 3 rings (SSSR count). The van der Waals surface area contributed by atoms with Crippen molar-refractivity contribution in [3.63, 3.8) is 0 Å². The molecule has 0 spiro atoms. The number of hydrogen-bond donors (Lipinski definition) is 2. The molecule has 37 heavy (non-hydrogen) atoms. The minimum Gasteiger partial charge on any atom is -0.493 e. The first-order chi connectivity index (χ1) is 17.4. The van der Waals surface area contributed by atoms with Crippen LogP contribution in [0.1, 0.15) is 38.2 Å². The lowest BCUT2D eigenvalue weighted by Gasteiger charge is -2.19. The van der Waals surface area contributed by atoms with Gasteiger partial charge in [-0.05, 0) is 60.4 Å². The molecule has 3 aromatic carbocycles. The Morgan fingerprint density at radius 1 is 1.03 bits per heavy atom. The van der Waals surface area contributed by atoms with E-state index in [1.54, 1.807) is 26.0 Å². The Kier molecular flexibility index (Phi) is 8.75. The van der Waals surface area contributed by atoms with E-state index in [0.717, 1.165) is 17.9 Å². The van der Waals surface area contributed by atoms with Crippen molar-refractivity contribution in [3.8, 4) is 5.75 Å². The molecule has 2 N–H and O–H groups in total. The van der Waals surface area contributed by atoms with Crippen LogP contribution in [0.15, 0.2) is 59.5 Å². The van der Waals surface area contributed by atoms with Crippen LogP contribution in [-0.2, 0) is 34.6 Å². The van der Waals surface area contributed by atoms with Crippen LogP contribution in [0.5, 0.6) is 5.75 Å². The molecule has 0 heterocycles. The molecule has 1 atom stereocenters. The topological polar surface area (TPSA) is 92.7 Å². The number of carboxylic acids is 1. The summed E-state index contributed by atoms with van der Waals surface area (Å²) in [7, 11) is -1.87. The number of ether oxygens (including phenoxy) is 1. The Morgan fingerprint density at radius 2 is 1.65 bits per heavy atom. The zero-order valence-corrected chi connectivity index (χ0v) is 21.3. The summed E-state index contributed by atoms with van der Waals surface area (Å²) >= 11 is 0. The monoisotopic (exact) mass is 533 g/mol. The summed E-state index contributed by atoms with van der Waals surface area (Å²) in [4.78, 5) is 24.1. The maximum absolute atomic E-state index is 13.8. The van der Waals surface area contributed by atoms with Gasteiger partial charge in [-0.3, -0.25) is 13.8 Å². The molecule has 0 aliphatic carbocycles. The van der Waals surface area contributed by atoms with Crippen molar-refractivity contribution in [2.75, 3.05) is 18.2 Å². The van der Waals surface area contributed by atoms with Crippen molar-refractivity contribution in [2.24, 2.45) is 0 Å². The van der Waals surface area contributed by atoms with Crippen LogP contribution in [0.3, 0.4) is 0 Å².